The Kier molecular flexibility index (Phi) is 8.79. The zero-order valence-electron chi connectivity index (χ0n) is 15.5. The minimum Gasteiger partial charge on any atom is -0.357 e. The molecule has 0 aromatic heterocycles. The van der Waals surface area contributed by atoms with E-state index in [1.165, 1.54) is 0 Å². The van der Waals surface area contributed by atoms with Crippen molar-refractivity contribution < 1.29 is 0 Å². The van der Waals surface area contributed by atoms with Gasteiger partial charge in [0.05, 0.1) is 6.54 Å². The van der Waals surface area contributed by atoms with Crippen LogP contribution < -0.4 is 10.6 Å². The first kappa shape index (κ1) is 19.2. The van der Waals surface area contributed by atoms with Gasteiger partial charge >= 0.3 is 0 Å². The molecule has 5 heteroatoms. The molecule has 2 atom stereocenters. The van der Waals surface area contributed by atoms with Crippen molar-refractivity contribution in [3.05, 3.63) is 0 Å². The molecule has 0 spiro atoms. The van der Waals surface area contributed by atoms with Gasteiger partial charge in [-0.3, -0.25) is 9.89 Å². The smallest absolute Gasteiger partial charge is 0.191 e. The summed E-state index contributed by atoms with van der Waals surface area (Å²) in [5.74, 6) is 1.58. The van der Waals surface area contributed by atoms with Crippen LogP contribution in [0.1, 0.15) is 41.0 Å². The van der Waals surface area contributed by atoms with Gasteiger partial charge in [-0.15, -0.1) is 0 Å². The molecule has 0 aromatic carbocycles. The van der Waals surface area contributed by atoms with E-state index in [0.717, 1.165) is 51.6 Å². The fraction of sp³-hybridized carbons (Fsp3) is 0.941. The molecule has 1 fully saturated rings. The van der Waals surface area contributed by atoms with E-state index in [1.807, 2.05) is 0 Å². The molecule has 0 radical (unpaired) electrons. The molecule has 0 saturated carbocycles. The fourth-order valence-electron chi connectivity index (χ4n) is 2.74. The Morgan fingerprint density at radius 2 is 1.73 bits per heavy atom. The van der Waals surface area contributed by atoms with Crippen molar-refractivity contribution in [2.45, 2.75) is 53.1 Å². The van der Waals surface area contributed by atoms with Gasteiger partial charge in [-0.05, 0) is 33.2 Å². The molecule has 22 heavy (non-hydrogen) atoms. The highest BCUT2D eigenvalue weighted by atomic mass is 15.3. The maximum atomic E-state index is 4.86. The summed E-state index contributed by atoms with van der Waals surface area (Å²) >= 11 is 0. The van der Waals surface area contributed by atoms with Crippen LogP contribution in [0.15, 0.2) is 4.99 Å². The lowest BCUT2D eigenvalue weighted by Crippen LogP contribution is -2.52. The maximum Gasteiger partial charge on any atom is 0.191 e. The van der Waals surface area contributed by atoms with Crippen LogP contribution >= 0.6 is 0 Å². The van der Waals surface area contributed by atoms with Gasteiger partial charge in [0, 0.05) is 44.8 Å². The van der Waals surface area contributed by atoms with Crippen LogP contribution in [-0.4, -0.2) is 74.2 Å². The van der Waals surface area contributed by atoms with Crippen LogP contribution in [0.5, 0.6) is 0 Å². The minimum atomic E-state index is 0.457. The highest BCUT2D eigenvalue weighted by Crippen LogP contribution is 2.14. The SMILES string of the molecule is CCNC(=NCC(C(C)C)N1CCN(C)CC1)NC(C)CC. The van der Waals surface area contributed by atoms with Crippen molar-refractivity contribution in [3.8, 4) is 0 Å². The molecule has 2 N–H and O–H groups in total. The molecule has 1 saturated heterocycles. The maximum absolute atomic E-state index is 4.86. The topological polar surface area (TPSA) is 42.9 Å². The molecule has 0 aromatic rings. The Labute approximate surface area is 137 Å². The molecule has 1 rings (SSSR count). The van der Waals surface area contributed by atoms with E-state index in [9.17, 15) is 0 Å². The molecule has 1 aliphatic rings. The van der Waals surface area contributed by atoms with Crippen molar-refractivity contribution >= 4 is 5.96 Å². The van der Waals surface area contributed by atoms with E-state index in [2.05, 4.69) is 62.1 Å². The number of hydrogen-bond acceptors (Lipinski definition) is 3. The molecule has 0 bridgehead atoms. The number of guanidine groups is 1. The van der Waals surface area contributed by atoms with Crippen molar-refractivity contribution in [3.63, 3.8) is 0 Å². The monoisotopic (exact) mass is 311 g/mol. The molecule has 0 aliphatic carbocycles. The number of likely N-dealkylation sites (N-methyl/N-ethyl adjacent to an activating group) is 1. The number of nitrogens with zero attached hydrogens (tertiary/aromatic N) is 3. The van der Waals surface area contributed by atoms with Gasteiger partial charge in [0.1, 0.15) is 0 Å². The van der Waals surface area contributed by atoms with E-state index in [4.69, 9.17) is 4.99 Å². The summed E-state index contributed by atoms with van der Waals surface area (Å²) in [5.41, 5.74) is 0. The van der Waals surface area contributed by atoms with Gasteiger partial charge in [0.2, 0.25) is 0 Å². The average Bonchev–Trinajstić information content (AvgIpc) is 2.48. The highest BCUT2D eigenvalue weighted by molar-refractivity contribution is 5.80. The highest BCUT2D eigenvalue weighted by Gasteiger charge is 2.24. The van der Waals surface area contributed by atoms with Crippen LogP contribution in [0, 0.1) is 5.92 Å². The third kappa shape index (κ3) is 6.53. The first-order valence-electron chi connectivity index (χ1n) is 8.95. The molecular formula is C17H37N5. The molecule has 130 valence electrons. The third-order valence-corrected chi connectivity index (χ3v) is 4.55. The van der Waals surface area contributed by atoms with Gasteiger partial charge in [-0.2, -0.15) is 0 Å². The Bertz CT molecular complexity index is 321. The second-order valence-electron chi connectivity index (χ2n) is 6.82. The summed E-state index contributed by atoms with van der Waals surface area (Å²) in [4.78, 5) is 9.88. The lowest BCUT2D eigenvalue weighted by Gasteiger charge is -2.39. The largest absolute Gasteiger partial charge is 0.357 e. The summed E-state index contributed by atoms with van der Waals surface area (Å²) in [6, 6.07) is 0.986. The molecular weight excluding hydrogens is 274 g/mol. The summed E-state index contributed by atoms with van der Waals surface area (Å²) in [6.45, 7) is 17.6. The summed E-state index contributed by atoms with van der Waals surface area (Å²) in [7, 11) is 2.21. The van der Waals surface area contributed by atoms with Gasteiger partial charge in [0.15, 0.2) is 5.96 Å². The quantitative estimate of drug-likeness (QED) is 0.554. The van der Waals surface area contributed by atoms with Crippen molar-refractivity contribution in [1.82, 2.24) is 20.4 Å². The van der Waals surface area contributed by atoms with Crippen LogP contribution in [0.3, 0.4) is 0 Å². The number of aliphatic imine (C=N–C) groups is 1. The average molecular weight is 312 g/mol. The Balaban J connectivity index is 2.65. The van der Waals surface area contributed by atoms with E-state index >= 15 is 0 Å². The van der Waals surface area contributed by atoms with Crippen LogP contribution in [0.25, 0.3) is 0 Å². The zero-order valence-corrected chi connectivity index (χ0v) is 15.5. The van der Waals surface area contributed by atoms with Gasteiger partial charge in [-0.25, -0.2) is 0 Å². The van der Waals surface area contributed by atoms with Gasteiger partial charge < -0.3 is 15.5 Å². The first-order chi connectivity index (χ1) is 10.5. The first-order valence-corrected chi connectivity index (χ1v) is 8.95. The lowest BCUT2D eigenvalue weighted by molar-refractivity contribution is 0.0925. The number of rotatable bonds is 7. The molecule has 2 unspecified atom stereocenters. The van der Waals surface area contributed by atoms with Crippen LogP contribution in [0.4, 0.5) is 0 Å². The van der Waals surface area contributed by atoms with E-state index in [0.29, 0.717) is 18.0 Å². The van der Waals surface area contributed by atoms with Crippen LogP contribution in [0.2, 0.25) is 0 Å². The third-order valence-electron chi connectivity index (χ3n) is 4.55. The number of piperazine rings is 1. The Morgan fingerprint density at radius 1 is 1.09 bits per heavy atom. The second-order valence-corrected chi connectivity index (χ2v) is 6.82. The number of hydrogen-bond donors (Lipinski definition) is 2. The standard InChI is InChI=1S/C17H37N5/c1-7-15(5)20-17(18-8-2)19-13-16(14(3)4)22-11-9-21(6)10-12-22/h14-16H,7-13H2,1-6H3,(H2,18,19,20). The van der Waals surface area contributed by atoms with Gasteiger partial charge in [0.25, 0.3) is 0 Å². The second kappa shape index (κ2) is 10.1. The minimum absolute atomic E-state index is 0.457. The van der Waals surface area contributed by atoms with Crippen molar-refractivity contribution in [1.29, 1.82) is 0 Å². The predicted molar refractivity (Wildman–Crippen MR) is 96.6 cm³/mol. The van der Waals surface area contributed by atoms with E-state index in [-0.39, 0.29) is 0 Å². The van der Waals surface area contributed by atoms with E-state index in [1.54, 1.807) is 0 Å². The van der Waals surface area contributed by atoms with Crippen LogP contribution in [-0.2, 0) is 0 Å². The normalized spacial score (nSPS) is 21.0. The molecule has 1 heterocycles. The summed E-state index contributed by atoms with van der Waals surface area (Å²) in [5, 5.41) is 6.85. The fourth-order valence-corrected chi connectivity index (χ4v) is 2.74. The Morgan fingerprint density at radius 3 is 2.23 bits per heavy atom. The van der Waals surface area contributed by atoms with Gasteiger partial charge in [-0.1, -0.05) is 20.8 Å². The lowest BCUT2D eigenvalue weighted by atomic mass is 10.0. The van der Waals surface area contributed by atoms with E-state index < -0.39 is 0 Å². The Hall–Kier alpha value is -0.810. The van der Waals surface area contributed by atoms with Crippen molar-refractivity contribution in [2.75, 3.05) is 46.3 Å². The molecule has 1 aliphatic heterocycles. The zero-order chi connectivity index (χ0) is 16.5. The molecule has 0 amide bonds. The predicted octanol–water partition coefficient (Wildman–Crippen LogP) is 1.61. The summed E-state index contributed by atoms with van der Waals surface area (Å²) in [6.07, 6.45) is 1.11. The molecule has 5 nitrogen and oxygen atoms in total. The van der Waals surface area contributed by atoms with Crippen molar-refractivity contribution in [2.24, 2.45) is 10.9 Å². The summed E-state index contributed by atoms with van der Waals surface area (Å²) < 4.78 is 0. The number of nitrogens with one attached hydrogen (secondary N) is 2.